The van der Waals surface area contributed by atoms with Crippen LogP contribution in [0.25, 0.3) is 0 Å². The van der Waals surface area contributed by atoms with Gasteiger partial charge in [0.2, 0.25) is 5.91 Å². The SMILES string of the molecule is CCc1cc(N2C[C@H](F)C[C@H]2C(=O)N2CCOCC2)nc(C)n1. The predicted molar refractivity (Wildman–Crippen MR) is 84.2 cm³/mol. The van der Waals surface area contributed by atoms with E-state index < -0.39 is 12.2 Å². The normalized spacial score (nSPS) is 25.0. The monoisotopic (exact) mass is 322 g/mol. The van der Waals surface area contributed by atoms with Gasteiger partial charge in [0.15, 0.2) is 0 Å². The summed E-state index contributed by atoms with van der Waals surface area (Å²) in [7, 11) is 0. The van der Waals surface area contributed by atoms with Gasteiger partial charge in [-0.05, 0) is 13.3 Å². The molecule has 0 spiro atoms. The molecule has 2 aliphatic heterocycles. The van der Waals surface area contributed by atoms with Crippen molar-refractivity contribution in [3.63, 3.8) is 0 Å². The minimum Gasteiger partial charge on any atom is -0.378 e. The third kappa shape index (κ3) is 3.44. The largest absolute Gasteiger partial charge is 0.378 e. The Balaban J connectivity index is 1.84. The van der Waals surface area contributed by atoms with E-state index in [0.717, 1.165) is 12.1 Å². The van der Waals surface area contributed by atoms with E-state index in [9.17, 15) is 9.18 Å². The number of carbonyl (C=O) groups excluding carboxylic acids is 1. The molecule has 0 N–H and O–H groups in total. The quantitative estimate of drug-likeness (QED) is 0.835. The van der Waals surface area contributed by atoms with Crippen molar-refractivity contribution < 1.29 is 13.9 Å². The first-order valence-corrected chi connectivity index (χ1v) is 8.20. The van der Waals surface area contributed by atoms with Crippen LogP contribution in [-0.4, -0.2) is 65.8 Å². The van der Waals surface area contributed by atoms with Crippen molar-refractivity contribution in [3.05, 3.63) is 17.6 Å². The Bertz CT molecular complexity index is 577. The van der Waals surface area contributed by atoms with Crippen LogP contribution in [0.2, 0.25) is 0 Å². The van der Waals surface area contributed by atoms with E-state index in [1.165, 1.54) is 0 Å². The molecule has 0 unspecified atom stereocenters. The van der Waals surface area contributed by atoms with Crippen molar-refractivity contribution >= 4 is 11.7 Å². The zero-order valence-corrected chi connectivity index (χ0v) is 13.7. The van der Waals surface area contributed by atoms with Crippen LogP contribution >= 0.6 is 0 Å². The number of hydrogen-bond acceptors (Lipinski definition) is 5. The van der Waals surface area contributed by atoms with Gasteiger partial charge in [-0.15, -0.1) is 0 Å². The molecule has 3 heterocycles. The summed E-state index contributed by atoms with van der Waals surface area (Å²) in [5, 5.41) is 0. The van der Waals surface area contributed by atoms with Crippen LogP contribution in [-0.2, 0) is 16.0 Å². The van der Waals surface area contributed by atoms with Crippen LogP contribution in [0.3, 0.4) is 0 Å². The number of hydrogen-bond donors (Lipinski definition) is 0. The van der Waals surface area contributed by atoms with E-state index in [1.54, 1.807) is 9.80 Å². The van der Waals surface area contributed by atoms with Gasteiger partial charge in [0.05, 0.1) is 19.8 Å². The van der Waals surface area contributed by atoms with Crippen molar-refractivity contribution in [2.75, 3.05) is 37.7 Å². The van der Waals surface area contributed by atoms with E-state index in [4.69, 9.17) is 4.74 Å². The lowest BCUT2D eigenvalue weighted by Crippen LogP contribution is -2.50. The van der Waals surface area contributed by atoms with E-state index in [2.05, 4.69) is 9.97 Å². The van der Waals surface area contributed by atoms with Crippen molar-refractivity contribution in [1.29, 1.82) is 0 Å². The standard InChI is InChI=1S/C16H23FN4O2/c1-3-13-9-15(19-11(2)18-13)21-10-12(17)8-14(21)16(22)20-4-6-23-7-5-20/h9,12,14H,3-8,10H2,1-2H3/t12-,14+/m1/s1. The molecule has 2 atom stereocenters. The Morgan fingerprint density at radius 2 is 2.13 bits per heavy atom. The number of rotatable bonds is 3. The molecule has 1 amide bonds. The van der Waals surface area contributed by atoms with E-state index in [1.807, 2.05) is 19.9 Å². The Morgan fingerprint density at radius 1 is 1.39 bits per heavy atom. The summed E-state index contributed by atoms with van der Waals surface area (Å²) >= 11 is 0. The van der Waals surface area contributed by atoms with Crippen LogP contribution in [0.1, 0.15) is 24.9 Å². The first-order chi connectivity index (χ1) is 11.1. The van der Waals surface area contributed by atoms with Gasteiger partial charge in [-0.2, -0.15) is 0 Å². The summed E-state index contributed by atoms with van der Waals surface area (Å²) in [6, 6.07) is 1.38. The molecule has 2 fully saturated rings. The highest BCUT2D eigenvalue weighted by Gasteiger charge is 2.40. The smallest absolute Gasteiger partial charge is 0.245 e. The highest BCUT2D eigenvalue weighted by atomic mass is 19.1. The van der Waals surface area contributed by atoms with Gasteiger partial charge in [0.25, 0.3) is 0 Å². The molecule has 7 heteroatoms. The fraction of sp³-hybridized carbons (Fsp3) is 0.688. The lowest BCUT2D eigenvalue weighted by Gasteiger charge is -2.32. The topological polar surface area (TPSA) is 58.6 Å². The molecule has 0 aliphatic carbocycles. The molecule has 1 aromatic heterocycles. The number of anilines is 1. The molecular formula is C16H23FN4O2. The lowest BCUT2D eigenvalue weighted by molar-refractivity contribution is -0.136. The average molecular weight is 322 g/mol. The zero-order valence-electron chi connectivity index (χ0n) is 13.7. The van der Waals surface area contributed by atoms with E-state index in [-0.39, 0.29) is 18.9 Å². The van der Waals surface area contributed by atoms with Gasteiger partial charge < -0.3 is 14.5 Å². The highest BCUT2D eigenvalue weighted by molar-refractivity contribution is 5.86. The Hall–Kier alpha value is -1.76. The average Bonchev–Trinajstić information content (AvgIpc) is 2.96. The van der Waals surface area contributed by atoms with Gasteiger partial charge in [0, 0.05) is 31.3 Å². The van der Waals surface area contributed by atoms with Gasteiger partial charge in [-0.1, -0.05) is 6.92 Å². The number of halogens is 1. The van der Waals surface area contributed by atoms with Crippen molar-refractivity contribution in [1.82, 2.24) is 14.9 Å². The molecule has 0 bridgehead atoms. The fourth-order valence-corrected chi connectivity index (χ4v) is 3.21. The minimum atomic E-state index is -1.01. The molecule has 3 rings (SSSR count). The zero-order chi connectivity index (χ0) is 16.4. The Labute approximate surface area is 135 Å². The highest BCUT2D eigenvalue weighted by Crippen LogP contribution is 2.28. The molecule has 1 aromatic rings. The van der Waals surface area contributed by atoms with E-state index >= 15 is 0 Å². The third-order valence-corrected chi connectivity index (χ3v) is 4.39. The van der Waals surface area contributed by atoms with Crippen LogP contribution in [0.5, 0.6) is 0 Å². The van der Waals surface area contributed by atoms with Crippen molar-refractivity contribution in [2.45, 2.75) is 38.9 Å². The molecule has 0 saturated carbocycles. The van der Waals surface area contributed by atoms with Gasteiger partial charge in [-0.25, -0.2) is 14.4 Å². The molecule has 0 aromatic carbocycles. The maximum absolute atomic E-state index is 14.0. The molecule has 2 saturated heterocycles. The van der Waals surface area contributed by atoms with Gasteiger partial charge >= 0.3 is 0 Å². The summed E-state index contributed by atoms with van der Waals surface area (Å²) in [5.74, 6) is 1.28. The number of aryl methyl sites for hydroxylation is 2. The minimum absolute atomic E-state index is 0.0252. The number of nitrogens with zero attached hydrogens (tertiary/aromatic N) is 4. The second-order valence-corrected chi connectivity index (χ2v) is 6.06. The maximum atomic E-state index is 14.0. The second-order valence-electron chi connectivity index (χ2n) is 6.06. The van der Waals surface area contributed by atoms with Crippen LogP contribution < -0.4 is 4.90 Å². The van der Waals surface area contributed by atoms with Crippen molar-refractivity contribution in [3.8, 4) is 0 Å². The first kappa shape index (κ1) is 16.1. The molecule has 6 nitrogen and oxygen atoms in total. The molecule has 0 radical (unpaired) electrons. The molecule has 23 heavy (non-hydrogen) atoms. The number of alkyl halides is 1. The summed E-state index contributed by atoms with van der Waals surface area (Å²) < 4.78 is 19.3. The Kier molecular flexibility index (Phi) is 4.75. The number of amides is 1. The van der Waals surface area contributed by atoms with Crippen LogP contribution in [0.15, 0.2) is 6.07 Å². The van der Waals surface area contributed by atoms with Crippen LogP contribution in [0.4, 0.5) is 10.2 Å². The lowest BCUT2D eigenvalue weighted by atomic mass is 10.1. The summed E-state index contributed by atoms with van der Waals surface area (Å²) in [4.78, 5) is 25.1. The first-order valence-electron chi connectivity index (χ1n) is 8.20. The number of ether oxygens (including phenoxy) is 1. The number of aromatic nitrogens is 2. The third-order valence-electron chi connectivity index (χ3n) is 4.39. The number of morpholine rings is 1. The predicted octanol–water partition coefficient (Wildman–Crippen LogP) is 1.12. The molecular weight excluding hydrogens is 299 g/mol. The van der Waals surface area contributed by atoms with Crippen LogP contribution in [0, 0.1) is 6.92 Å². The summed E-state index contributed by atoms with van der Waals surface area (Å²) in [6.07, 6.45) is -0.00296. The fourth-order valence-electron chi connectivity index (χ4n) is 3.21. The molecule has 2 aliphatic rings. The second kappa shape index (κ2) is 6.78. The van der Waals surface area contributed by atoms with Gasteiger partial charge in [0.1, 0.15) is 23.9 Å². The van der Waals surface area contributed by atoms with Gasteiger partial charge in [-0.3, -0.25) is 4.79 Å². The number of carbonyl (C=O) groups is 1. The molecule has 126 valence electrons. The Morgan fingerprint density at radius 3 is 2.83 bits per heavy atom. The summed E-state index contributed by atoms with van der Waals surface area (Å²) in [6.45, 7) is 6.29. The van der Waals surface area contributed by atoms with Crippen molar-refractivity contribution in [2.24, 2.45) is 0 Å². The maximum Gasteiger partial charge on any atom is 0.245 e. The van der Waals surface area contributed by atoms with E-state index in [0.29, 0.717) is 37.9 Å². The summed E-state index contributed by atoms with van der Waals surface area (Å²) in [5.41, 5.74) is 0.910.